The van der Waals surface area contributed by atoms with Gasteiger partial charge >= 0.3 is 0 Å². The van der Waals surface area contributed by atoms with Crippen molar-refractivity contribution in [3.05, 3.63) is 12.2 Å². The van der Waals surface area contributed by atoms with Gasteiger partial charge in [0.1, 0.15) is 0 Å². The predicted octanol–water partition coefficient (Wildman–Crippen LogP) is 2.89. The lowest BCUT2D eigenvalue weighted by molar-refractivity contribution is -0.284. The quantitative estimate of drug-likeness (QED) is 0.632. The van der Waals surface area contributed by atoms with E-state index >= 15 is 0 Å². The fourth-order valence-corrected chi connectivity index (χ4v) is 2.60. The first-order chi connectivity index (χ1) is 6.54. The normalized spacial score (nSPS) is 42.1. The molecule has 2 heteroatoms. The highest BCUT2D eigenvalue weighted by atomic mass is 16.7. The van der Waals surface area contributed by atoms with Crippen molar-refractivity contribution in [2.75, 3.05) is 13.2 Å². The molecule has 0 unspecified atom stereocenters. The number of hydrogen-bond donors (Lipinski definition) is 0. The zero-order valence-corrected chi connectivity index (χ0v) is 9.27. The van der Waals surface area contributed by atoms with Gasteiger partial charge in [0.15, 0.2) is 5.79 Å². The van der Waals surface area contributed by atoms with Crippen LogP contribution in [0.25, 0.3) is 0 Å². The molecule has 3 rings (SSSR count). The summed E-state index contributed by atoms with van der Waals surface area (Å²) in [5, 5.41) is 0. The summed E-state index contributed by atoms with van der Waals surface area (Å²) < 4.78 is 11.7. The van der Waals surface area contributed by atoms with Crippen LogP contribution < -0.4 is 0 Å². The van der Waals surface area contributed by atoms with Gasteiger partial charge < -0.3 is 9.47 Å². The molecule has 0 aromatic heterocycles. The Morgan fingerprint density at radius 2 is 1.93 bits per heavy atom. The Hall–Kier alpha value is -0.340. The van der Waals surface area contributed by atoms with Crippen molar-refractivity contribution in [2.24, 2.45) is 5.41 Å². The van der Waals surface area contributed by atoms with Gasteiger partial charge in [0.2, 0.25) is 0 Å². The molecule has 0 aromatic carbocycles. The Kier molecular flexibility index (Phi) is 2.44. The molecule has 0 N–H and O–H groups in total. The highest BCUT2D eigenvalue weighted by Crippen LogP contribution is 2.44. The van der Waals surface area contributed by atoms with Crippen LogP contribution in [-0.4, -0.2) is 19.0 Å². The lowest BCUT2D eigenvalue weighted by Gasteiger charge is -2.41. The van der Waals surface area contributed by atoms with E-state index in [-0.39, 0.29) is 11.2 Å². The SMILES string of the molecule is C=C(C)CC12CCCC(C)(OC1)OC2. The van der Waals surface area contributed by atoms with Crippen LogP contribution in [0.1, 0.15) is 39.5 Å². The van der Waals surface area contributed by atoms with Crippen LogP contribution in [0.15, 0.2) is 12.2 Å². The second-order valence-corrected chi connectivity index (χ2v) is 5.20. The first-order valence-electron chi connectivity index (χ1n) is 5.46. The van der Waals surface area contributed by atoms with Gasteiger partial charge in [-0.25, -0.2) is 0 Å². The largest absolute Gasteiger partial charge is 0.350 e. The van der Waals surface area contributed by atoms with Crippen LogP contribution in [-0.2, 0) is 9.47 Å². The zero-order chi connectivity index (χ0) is 10.2. The maximum Gasteiger partial charge on any atom is 0.165 e. The first kappa shape index (κ1) is 10.2. The minimum Gasteiger partial charge on any atom is -0.350 e. The molecule has 0 amide bonds. The third-order valence-corrected chi connectivity index (χ3v) is 3.38. The average molecular weight is 196 g/mol. The summed E-state index contributed by atoms with van der Waals surface area (Å²) in [5.74, 6) is -0.297. The molecule has 3 aliphatic heterocycles. The smallest absolute Gasteiger partial charge is 0.165 e. The van der Waals surface area contributed by atoms with E-state index in [1.54, 1.807) is 0 Å². The molecule has 80 valence electrons. The summed E-state index contributed by atoms with van der Waals surface area (Å²) in [6, 6.07) is 0. The number of hydrogen-bond acceptors (Lipinski definition) is 2. The molecule has 2 bridgehead atoms. The molecule has 3 aliphatic rings. The third-order valence-electron chi connectivity index (χ3n) is 3.38. The number of ether oxygens (including phenoxy) is 2. The second-order valence-electron chi connectivity index (χ2n) is 5.20. The lowest BCUT2D eigenvalue weighted by Crippen LogP contribution is -2.45. The minimum absolute atomic E-state index is 0.224. The molecule has 0 radical (unpaired) electrons. The van der Waals surface area contributed by atoms with Crippen molar-refractivity contribution in [3.8, 4) is 0 Å². The van der Waals surface area contributed by atoms with Crippen molar-refractivity contribution >= 4 is 0 Å². The molecule has 0 saturated carbocycles. The van der Waals surface area contributed by atoms with Crippen molar-refractivity contribution in [1.29, 1.82) is 0 Å². The van der Waals surface area contributed by atoms with E-state index in [0.29, 0.717) is 0 Å². The number of allylic oxidation sites excluding steroid dienone is 1. The van der Waals surface area contributed by atoms with Crippen LogP contribution in [0, 0.1) is 5.41 Å². The standard InChI is InChI=1S/C12H20O2/c1-10(2)7-12-6-4-5-11(3,13-8-12)14-9-12/h1,4-9H2,2-3H3. The fourth-order valence-electron chi connectivity index (χ4n) is 2.60. The van der Waals surface area contributed by atoms with Crippen molar-refractivity contribution < 1.29 is 9.47 Å². The van der Waals surface area contributed by atoms with Crippen molar-refractivity contribution in [1.82, 2.24) is 0 Å². The molecule has 3 heterocycles. The van der Waals surface area contributed by atoms with Gasteiger partial charge in [0.05, 0.1) is 13.2 Å². The highest BCUT2D eigenvalue weighted by molar-refractivity contribution is 5.00. The van der Waals surface area contributed by atoms with E-state index in [1.165, 1.54) is 18.4 Å². The van der Waals surface area contributed by atoms with E-state index in [4.69, 9.17) is 9.47 Å². The molecule has 14 heavy (non-hydrogen) atoms. The van der Waals surface area contributed by atoms with Crippen LogP contribution in [0.2, 0.25) is 0 Å². The van der Waals surface area contributed by atoms with Gasteiger partial charge in [-0.2, -0.15) is 0 Å². The van der Waals surface area contributed by atoms with E-state index in [2.05, 4.69) is 20.4 Å². The van der Waals surface area contributed by atoms with Gasteiger partial charge in [-0.3, -0.25) is 0 Å². The Labute approximate surface area is 86.3 Å². The van der Waals surface area contributed by atoms with Crippen LogP contribution in [0.5, 0.6) is 0 Å². The lowest BCUT2D eigenvalue weighted by atomic mass is 9.80. The molecule has 0 spiro atoms. The molecular formula is C12H20O2. The number of fused-ring (bicyclic) bond motifs is 4. The average Bonchev–Trinajstić information content (AvgIpc) is 2.33. The van der Waals surface area contributed by atoms with E-state index in [9.17, 15) is 0 Å². The topological polar surface area (TPSA) is 18.5 Å². The van der Waals surface area contributed by atoms with Crippen molar-refractivity contribution in [2.45, 2.75) is 45.3 Å². The summed E-state index contributed by atoms with van der Waals surface area (Å²) >= 11 is 0. The zero-order valence-electron chi connectivity index (χ0n) is 9.27. The summed E-state index contributed by atoms with van der Waals surface area (Å²) in [5.41, 5.74) is 1.46. The third kappa shape index (κ3) is 1.86. The summed E-state index contributed by atoms with van der Waals surface area (Å²) in [6.07, 6.45) is 4.51. The Morgan fingerprint density at radius 3 is 2.50 bits per heavy atom. The monoisotopic (exact) mass is 196 g/mol. The van der Waals surface area contributed by atoms with Gasteiger partial charge in [-0.1, -0.05) is 5.57 Å². The van der Waals surface area contributed by atoms with Gasteiger partial charge in [-0.05, 0) is 33.1 Å². The van der Waals surface area contributed by atoms with Crippen molar-refractivity contribution in [3.63, 3.8) is 0 Å². The maximum absolute atomic E-state index is 5.83. The maximum atomic E-state index is 5.83. The minimum atomic E-state index is -0.297. The second kappa shape index (κ2) is 3.35. The summed E-state index contributed by atoms with van der Waals surface area (Å²) in [6.45, 7) is 9.83. The molecule has 3 fully saturated rings. The highest BCUT2D eigenvalue weighted by Gasteiger charge is 2.44. The predicted molar refractivity (Wildman–Crippen MR) is 56.0 cm³/mol. The summed E-state index contributed by atoms with van der Waals surface area (Å²) in [7, 11) is 0. The van der Waals surface area contributed by atoms with E-state index in [1.807, 2.05) is 0 Å². The first-order valence-corrected chi connectivity index (χ1v) is 5.46. The molecule has 3 saturated heterocycles. The van der Waals surface area contributed by atoms with Gasteiger partial charge in [0.25, 0.3) is 0 Å². The molecular weight excluding hydrogens is 176 g/mol. The van der Waals surface area contributed by atoms with Gasteiger partial charge in [0, 0.05) is 11.8 Å². The number of rotatable bonds is 2. The van der Waals surface area contributed by atoms with E-state index < -0.39 is 0 Å². The van der Waals surface area contributed by atoms with Crippen LogP contribution in [0.4, 0.5) is 0 Å². The Balaban J connectivity index is 2.11. The van der Waals surface area contributed by atoms with E-state index in [0.717, 1.165) is 26.1 Å². The van der Waals surface area contributed by atoms with Gasteiger partial charge in [-0.15, -0.1) is 6.58 Å². The fraction of sp³-hybridized carbons (Fsp3) is 0.833. The molecule has 0 aromatic rings. The molecule has 0 aliphatic carbocycles. The van der Waals surface area contributed by atoms with Crippen LogP contribution >= 0.6 is 0 Å². The molecule has 0 atom stereocenters. The Bertz CT molecular complexity index is 237. The summed E-state index contributed by atoms with van der Waals surface area (Å²) in [4.78, 5) is 0. The van der Waals surface area contributed by atoms with Crippen LogP contribution in [0.3, 0.4) is 0 Å². The Morgan fingerprint density at radius 1 is 1.29 bits per heavy atom. The molecule has 2 nitrogen and oxygen atoms in total.